The minimum absolute atomic E-state index is 0.0290. The van der Waals surface area contributed by atoms with E-state index in [2.05, 4.69) is 5.32 Å². The van der Waals surface area contributed by atoms with Crippen LogP contribution in [0.1, 0.15) is 33.6 Å². The SMILES string of the molecule is CC(C)(C)OC(=O)NC(=N)C=C(N)C1CC1. The second kappa shape index (κ2) is 4.55. The molecule has 0 atom stereocenters. The van der Waals surface area contributed by atoms with Crippen molar-refractivity contribution in [3.63, 3.8) is 0 Å². The molecule has 5 heteroatoms. The van der Waals surface area contributed by atoms with E-state index in [1.807, 2.05) is 0 Å². The average Bonchev–Trinajstić information content (AvgIpc) is 2.79. The first-order chi connectivity index (χ1) is 7.28. The Hall–Kier alpha value is -1.52. The first-order valence-corrected chi connectivity index (χ1v) is 5.33. The number of hydrogen-bond donors (Lipinski definition) is 3. The Bertz CT molecular complexity index is 325. The van der Waals surface area contributed by atoms with Crippen LogP contribution in [0.5, 0.6) is 0 Å². The second-order valence-electron chi connectivity index (χ2n) is 4.96. The smallest absolute Gasteiger partial charge is 0.413 e. The summed E-state index contributed by atoms with van der Waals surface area (Å²) in [6, 6.07) is 0. The third-order valence-electron chi connectivity index (χ3n) is 2.00. The number of hydrogen-bond acceptors (Lipinski definition) is 4. The molecule has 0 unspecified atom stereocenters. The summed E-state index contributed by atoms with van der Waals surface area (Å²) < 4.78 is 5.01. The van der Waals surface area contributed by atoms with Crippen LogP contribution in [0.15, 0.2) is 11.8 Å². The first-order valence-electron chi connectivity index (χ1n) is 5.33. The predicted octanol–water partition coefficient (Wildman–Crippen LogP) is 1.74. The molecule has 5 nitrogen and oxygen atoms in total. The molecular weight excluding hydrogens is 206 g/mol. The van der Waals surface area contributed by atoms with Crippen LogP contribution in [-0.2, 0) is 4.74 Å². The molecule has 0 radical (unpaired) electrons. The Morgan fingerprint density at radius 2 is 2.06 bits per heavy atom. The lowest BCUT2D eigenvalue weighted by Gasteiger charge is -2.19. The zero-order valence-electron chi connectivity index (χ0n) is 9.96. The maximum absolute atomic E-state index is 11.3. The van der Waals surface area contributed by atoms with Crippen LogP contribution in [0.3, 0.4) is 0 Å². The van der Waals surface area contributed by atoms with Gasteiger partial charge in [0.2, 0.25) is 0 Å². The fraction of sp³-hybridized carbons (Fsp3) is 0.636. The normalized spacial score (nSPS) is 16.8. The van der Waals surface area contributed by atoms with E-state index in [0.717, 1.165) is 12.8 Å². The van der Waals surface area contributed by atoms with E-state index in [1.54, 1.807) is 20.8 Å². The number of nitrogens with two attached hydrogens (primary N) is 1. The summed E-state index contributed by atoms with van der Waals surface area (Å²) in [4.78, 5) is 11.3. The molecule has 1 saturated carbocycles. The molecule has 0 aromatic carbocycles. The van der Waals surface area contributed by atoms with Gasteiger partial charge in [0.05, 0.1) is 0 Å². The maximum atomic E-state index is 11.3. The van der Waals surface area contributed by atoms with Crippen molar-refractivity contribution in [1.29, 1.82) is 5.41 Å². The van der Waals surface area contributed by atoms with Crippen molar-refractivity contribution in [2.24, 2.45) is 11.7 Å². The van der Waals surface area contributed by atoms with Crippen LogP contribution in [0, 0.1) is 11.3 Å². The van der Waals surface area contributed by atoms with Gasteiger partial charge in [-0.25, -0.2) is 4.79 Å². The van der Waals surface area contributed by atoms with Gasteiger partial charge >= 0.3 is 6.09 Å². The lowest BCUT2D eigenvalue weighted by Crippen LogP contribution is -2.35. The molecule has 0 aromatic heterocycles. The lowest BCUT2D eigenvalue weighted by atomic mass is 10.2. The van der Waals surface area contributed by atoms with E-state index in [4.69, 9.17) is 15.9 Å². The monoisotopic (exact) mass is 225 g/mol. The minimum atomic E-state index is -0.627. The number of allylic oxidation sites excluding steroid dienone is 1. The molecule has 1 aliphatic carbocycles. The molecule has 0 aliphatic heterocycles. The zero-order chi connectivity index (χ0) is 12.3. The zero-order valence-corrected chi connectivity index (χ0v) is 9.96. The van der Waals surface area contributed by atoms with Crippen molar-refractivity contribution in [3.8, 4) is 0 Å². The fourth-order valence-corrected chi connectivity index (χ4v) is 1.15. The van der Waals surface area contributed by atoms with Gasteiger partial charge in [0, 0.05) is 5.70 Å². The molecule has 0 aromatic rings. The van der Waals surface area contributed by atoms with Crippen molar-refractivity contribution in [1.82, 2.24) is 5.32 Å². The molecule has 4 N–H and O–H groups in total. The van der Waals surface area contributed by atoms with Crippen molar-refractivity contribution in [2.45, 2.75) is 39.2 Å². The lowest BCUT2D eigenvalue weighted by molar-refractivity contribution is 0.0563. The molecule has 0 spiro atoms. The number of rotatable bonds is 2. The Labute approximate surface area is 95.5 Å². The van der Waals surface area contributed by atoms with Gasteiger partial charge in [0.15, 0.2) is 0 Å². The second-order valence-corrected chi connectivity index (χ2v) is 4.96. The summed E-state index contributed by atoms with van der Waals surface area (Å²) >= 11 is 0. The number of ether oxygens (including phenoxy) is 1. The molecule has 0 heterocycles. The van der Waals surface area contributed by atoms with Gasteiger partial charge in [-0.2, -0.15) is 0 Å². The summed E-state index contributed by atoms with van der Waals surface area (Å²) in [5.41, 5.74) is 5.81. The molecule has 1 rings (SSSR count). The van der Waals surface area contributed by atoms with Crippen LogP contribution in [0.25, 0.3) is 0 Å². The van der Waals surface area contributed by atoms with E-state index < -0.39 is 11.7 Å². The van der Waals surface area contributed by atoms with E-state index in [1.165, 1.54) is 6.08 Å². The molecule has 1 fully saturated rings. The van der Waals surface area contributed by atoms with Gasteiger partial charge in [-0.1, -0.05) is 0 Å². The van der Waals surface area contributed by atoms with Crippen LogP contribution >= 0.6 is 0 Å². The number of carbonyl (C=O) groups is 1. The standard InChI is InChI=1S/C11H19N3O2/c1-11(2,3)16-10(15)14-9(13)6-8(12)7-4-5-7/h6-7H,4-5,12H2,1-3H3,(H2,13,14,15). The van der Waals surface area contributed by atoms with Crippen molar-refractivity contribution in [2.75, 3.05) is 0 Å². The van der Waals surface area contributed by atoms with Crippen LogP contribution in [0.4, 0.5) is 4.79 Å². The highest BCUT2D eigenvalue weighted by molar-refractivity contribution is 6.00. The number of carbonyl (C=O) groups excluding carboxylic acids is 1. The highest BCUT2D eigenvalue weighted by atomic mass is 16.6. The average molecular weight is 225 g/mol. The summed E-state index contributed by atoms with van der Waals surface area (Å²) in [6.45, 7) is 5.31. The van der Waals surface area contributed by atoms with E-state index >= 15 is 0 Å². The molecule has 1 amide bonds. The highest BCUT2D eigenvalue weighted by Crippen LogP contribution is 2.33. The van der Waals surface area contributed by atoms with Gasteiger partial charge in [0.1, 0.15) is 11.4 Å². The number of alkyl carbamates (subject to hydrolysis) is 1. The Morgan fingerprint density at radius 1 is 1.50 bits per heavy atom. The maximum Gasteiger partial charge on any atom is 0.413 e. The largest absolute Gasteiger partial charge is 0.444 e. The molecule has 0 saturated heterocycles. The van der Waals surface area contributed by atoms with E-state index in [0.29, 0.717) is 11.6 Å². The van der Waals surface area contributed by atoms with Crippen molar-refractivity contribution >= 4 is 11.9 Å². The quantitative estimate of drug-likeness (QED) is 0.494. The molecule has 16 heavy (non-hydrogen) atoms. The van der Waals surface area contributed by atoms with Crippen LogP contribution in [0.2, 0.25) is 0 Å². The third-order valence-corrected chi connectivity index (χ3v) is 2.00. The minimum Gasteiger partial charge on any atom is -0.444 e. The van der Waals surface area contributed by atoms with Gasteiger partial charge in [0.25, 0.3) is 0 Å². The van der Waals surface area contributed by atoms with E-state index in [-0.39, 0.29) is 5.84 Å². The highest BCUT2D eigenvalue weighted by Gasteiger charge is 2.24. The molecule has 0 bridgehead atoms. The summed E-state index contributed by atoms with van der Waals surface area (Å²) in [5, 5.41) is 9.83. The number of amides is 1. The van der Waals surface area contributed by atoms with Crippen LogP contribution < -0.4 is 11.1 Å². The van der Waals surface area contributed by atoms with Crippen molar-refractivity contribution in [3.05, 3.63) is 11.8 Å². The van der Waals surface area contributed by atoms with Gasteiger partial charge in [-0.3, -0.25) is 10.7 Å². The Morgan fingerprint density at radius 3 is 2.50 bits per heavy atom. The summed E-state index contributed by atoms with van der Waals surface area (Å²) in [5.74, 6) is 0.361. The van der Waals surface area contributed by atoms with Gasteiger partial charge in [-0.15, -0.1) is 0 Å². The molecule has 1 aliphatic rings. The third kappa shape index (κ3) is 4.82. The fourth-order valence-electron chi connectivity index (χ4n) is 1.15. The molecular formula is C11H19N3O2. The van der Waals surface area contributed by atoms with Crippen molar-refractivity contribution < 1.29 is 9.53 Å². The Kier molecular flexibility index (Phi) is 3.57. The topological polar surface area (TPSA) is 88.2 Å². The summed E-state index contributed by atoms with van der Waals surface area (Å²) in [6.07, 6.45) is 2.99. The predicted molar refractivity (Wildman–Crippen MR) is 62.1 cm³/mol. The summed E-state index contributed by atoms with van der Waals surface area (Å²) in [7, 11) is 0. The van der Waals surface area contributed by atoms with E-state index in [9.17, 15) is 4.79 Å². The van der Waals surface area contributed by atoms with Gasteiger partial charge < -0.3 is 10.5 Å². The first kappa shape index (κ1) is 12.5. The molecule has 90 valence electrons. The number of amidine groups is 1. The Balaban J connectivity index is 2.39. The number of nitrogens with one attached hydrogen (secondary N) is 2. The van der Waals surface area contributed by atoms with Crippen LogP contribution in [-0.4, -0.2) is 17.5 Å². The van der Waals surface area contributed by atoms with Gasteiger partial charge in [-0.05, 0) is 45.6 Å².